The number of aliphatic imine (C=N–C) groups is 1. The zero-order valence-corrected chi connectivity index (χ0v) is 4.10. The highest BCUT2D eigenvalue weighted by molar-refractivity contribution is 6.29. The summed E-state index contributed by atoms with van der Waals surface area (Å²) in [5.74, 6) is 0. The summed E-state index contributed by atoms with van der Waals surface area (Å²) in [5.41, 5.74) is 0.551. The second kappa shape index (κ2) is 3.21. The van der Waals surface area contributed by atoms with Gasteiger partial charge in [0.15, 0.2) is 0 Å². The van der Waals surface area contributed by atoms with Crippen molar-refractivity contribution in [1.29, 1.82) is 10.8 Å². The van der Waals surface area contributed by atoms with Crippen LogP contribution in [0, 0.1) is 10.8 Å². The summed E-state index contributed by atoms with van der Waals surface area (Å²) >= 11 is 0. The van der Waals surface area contributed by atoms with Crippen LogP contribution >= 0.6 is 0 Å². The van der Waals surface area contributed by atoms with Crippen LogP contribution in [-0.2, 0) is 0 Å². The fourth-order valence-corrected chi connectivity index (χ4v) is 0.139. The van der Waals surface area contributed by atoms with Gasteiger partial charge in [-0.05, 0) is 6.92 Å². The maximum absolute atomic E-state index is 6.55. The topological polar surface area (TPSA) is 60.1 Å². The zero-order chi connectivity index (χ0) is 5.70. The Labute approximate surface area is 42.1 Å². The standard InChI is InChI=1S/C4H7N3/c1-4(2-5)7-3-6/h2-3,5-6H,1H3/b5-2?,6-3?,7-4-. The van der Waals surface area contributed by atoms with E-state index >= 15 is 0 Å². The lowest BCUT2D eigenvalue weighted by Gasteiger charge is -1.77. The number of nitrogens with one attached hydrogen (secondary N) is 2. The smallest absolute Gasteiger partial charge is 0.107 e. The molecule has 0 aliphatic carbocycles. The van der Waals surface area contributed by atoms with Crippen LogP contribution in [0.15, 0.2) is 4.99 Å². The summed E-state index contributed by atoms with van der Waals surface area (Å²) < 4.78 is 0. The van der Waals surface area contributed by atoms with Gasteiger partial charge in [0.2, 0.25) is 0 Å². The van der Waals surface area contributed by atoms with Gasteiger partial charge in [0, 0.05) is 6.21 Å². The summed E-state index contributed by atoms with van der Waals surface area (Å²) in [4.78, 5) is 3.46. The van der Waals surface area contributed by atoms with Crippen molar-refractivity contribution in [3.63, 3.8) is 0 Å². The molecule has 0 rings (SSSR count). The van der Waals surface area contributed by atoms with Gasteiger partial charge >= 0.3 is 0 Å². The molecule has 0 atom stereocenters. The van der Waals surface area contributed by atoms with E-state index in [2.05, 4.69) is 4.99 Å². The molecule has 2 N–H and O–H groups in total. The summed E-state index contributed by atoms with van der Waals surface area (Å²) in [5, 5.41) is 13.0. The molecule has 0 aliphatic rings. The van der Waals surface area contributed by atoms with Gasteiger partial charge in [-0.2, -0.15) is 0 Å². The molecule has 0 saturated heterocycles. The Morgan fingerprint density at radius 3 is 2.29 bits per heavy atom. The number of rotatable bonds is 2. The second-order valence-corrected chi connectivity index (χ2v) is 1.04. The molecule has 0 aromatic rings. The Bertz CT molecular complexity index is 104. The Hall–Kier alpha value is -0.990. The highest BCUT2D eigenvalue weighted by Gasteiger charge is 1.73. The fraction of sp³-hybridized carbons (Fsp3) is 0.250. The van der Waals surface area contributed by atoms with Crippen LogP contribution in [0.5, 0.6) is 0 Å². The first kappa shape index (κ1) is 6.01. The predicted octanol–water partition coefficient (Wildman–Crippen LogP) is 0.704. The Balaban J connectivity index is 3.72. The van der Waals surface area contributed by atoms with Crippen molar-refractivity contribution in [1.82, 2.24) is 0 Å². The van der Waals surface area contributed by atoms with Gasteiger partial charge in [0.25, 0.3) is 0 Å². The van der Waals surface area contributed by atoms with Gasteiger partial charge in [-0.1, -0.05) is 0 Å². The van der Waals surface area contributed by atoms with Crippen molar-refractivity contribution in [2.24, 2.45) is 4.99 Å². The fourth-order valence-electron chi connectivity index (χ4n) is 0.139. The molecule has 0 fully saturated rings. The highest BCUT2D eigenvalue weighted by atomic mass is 14.8. The van der Waals surface area contributed by atoms with Gasteiger partial charge in [-0.15, -0.1) is 0 Å². The van der Waals surface area contributed by atoms with Crippen molar-refractivity contribution in [2.45, 2.75) is 6.92 Å². The first-order chi connectivity index (χ1) is 3.31. The van der Waals surface area contributed by atoms with Crippen molar-refractivity contribution in [3.8, 4) is 0 Å². The Morgan fingerprint density at radius 2 is 2.14 bits per heavy atom. The van der Waals surface area contributed by atoms with Crippen LogP contribution < -0.4 is 0 Å². The Kier molecular flexibility index (Phi) is 2.76. The third kappa shape index (κ3) is 2.82. The number of hydrogen-bond donors (Lipinski definition) is 2. The lowest BCUT2D eigenvalue weighted by Crippen LogP contribution is -1.88. The van der Waals surface area contributed by atoms with Crippen LogP contribution in [-0.4, -0.2) is 18.3 Å². The van der Waals surface area contributed by atoms with Crippen LogP contribution in [0.1, 0.15) is 6.92 Å². The molecule has 3 nitrogen and oxygen atoms in total. The van der Waals surface area contributed by atoms with E-state index in [1.54, 1.807) is 6.92 Å². The maximum Gasteiger partial charge on any atom is 0.107 e. The minimum atomic E-state index is 0.551. The summed E-state index contributed by atoms with van der Waals surface area (Å²) in [6.07, 6.45) is 2.02. The predicted molar refractivity (Wildman–Crippen MR) is 30.7 cm³/mol. The summed E-state index contributed by atoms with van der Waals surface area (Å²) in [7, 11) is 0. The van der Waals surface area contributed by atoms with Crippen molar-refractivity contribution in [3.05, 3.63) is 0 Å². The molecule has 0 amide bonds. The van der Waals surface area contributed by atoms with E-state index in [4.69, 9.17) is 10.8 Å². The average Bonchev–Trinajstić information content (AvgIpc) is 1.68. The molecule has 0 spiro atoms. The number of hydrogen-bond acceptors (Lipinski definition) is 2. The van der Waals surface area contributed by atoms with Crippen LogP contribution in [0.3, 0.4) is 0 Å². The quantitative estimate of drug-likeness (QED) is 0.376. The molecule has 7 heavy (non-hydrogen) atoms. The molecule has 0 aliphatic heterocycles. The van der Waals surface area contributed by atoms with Crippen molar-refractivity contribution >= 4 is 18.3 Å². The lowest BCUT2D eigenvalue weighted by atomic mass is 10.5. The molecular formula is C4H7N3. The van der Waals surface area contributed by atoms with Crippen LogP contribution in [0.4, 0.5) is 0 Å². The van der Waals surface area contributed by atoms with Gasteiger partial charge in [0.1, 0.15) is 6.34 Å². The van der Waals surface area contributed by atoms with Gasteiger partial charge in [-0.25, -0.2) is 4.99 Å². The molecule has 0 aromatic heterocycles. The first-order valence-corrected chi connectivity index (χ1v) is 1.85. The molecule has 3 heteroatoms. The zero-order valence-electron chi connectivity index (χ0n) is 4.10. The van der Waals surface area contributed by atoms with E-state index in [1.807, 2.05) is 0 Å². The van der Waals surface area contributed by atoms with E-state index in [1.165, 1.54) is 0 Å². The minimum absolute atomic E-state index is 0.551. The largest absolute Gasteiger partial charge is 0.307 e. The Morgan fingerprint density at radius 1 is 1.57 bits per heavy atom. The van der Waals surface area contributed by atoms with E-state index < -0.39 is 0 Å². The third-order valence-corrected chi connectivity index (χ3v) is 0.477. The molecule has 0 aromatic carbocycles. The first-order valence-electron chi connectivity index (χ1n) is 1.85. The minimum Gasteiger partial charge on any atom is -0.307 e. The summed E-state index contributed by atoms with van der Waals surface area (Å²) in [6.45, 7) is 1.66. The van der Waals surface area contributed by atoms with E-state index in [0.717, 1.165) is 12.6 Å². The maximum atomic E-state index is 6.55. The highest BCUT2D eigenvalue weighted by Crippen LogP contribution is 1.64. The van der Waals surface area contributed by atoms with Crippen molar-refractivity contribution in [2.75, 3.05) is 0 Å². The molecule has 38 valence electrons. The SMILES string of the molecule is C/C(C=N)=N/C=N. The molecule has 0 radical (unpaired) electrons. The molecular weight excluding hydrogens is 90.1 g/mol. The van der Waals surface area contributed by atoms with Crippen molar-refractivity contribution < 1.29 is 0 Å². The molecule has 0 bridgehead atoms. The second-order valence-electron chi connectivity index (χ2n) is 1.04. The van der Waals surface area contributed by atoms with E-state index in [0.29, 0.717) is 5.71 Å². The number of nitrogens with zero attached hydrogens (tertiary/aromatic N) is 1. The summed E-state index contributed by atoms with van der Waals surface area (Å²) in [6, 6.07) is 0. The molecule has 0 saturated carbocycles. The third-order valence-electron chi connectivity index (χ3n) is 0.477. The van der Waals surface area contributed by atoms with Gasteiger partial charge in [0.05, 0.1) is 5.71 Å². The van der Waals surface area contributed by atoms with Gasteiger partial charge < -0.3 is 5.41 Å². The molecule has 0 unspecified atom stereocenters. The average molecular weight is 97.1 g/mol. The lowest BCUT2D eigenvalue weighted by molar-refractivity contribution is 1.50. The van der Waals surface area contributed by atoms with Crippen LogP contribution in [0.2, 0.25) is 0 Å². The molecule has 0 heterocycles. The van der Waals surface area contributed by atoms with E-state index in [9.17, 15) is 0 Å². The van der Waals surface area contributed by atoms with Gasteiger partial charge in [-0.3, -0.25) is 5.41 Å². The monoisotopic (exact) mass is 97.1 g/mol. The van der Waals surface area contributed by atoms with Crippen LogP contribution in [0.25, 0.3) is 0 Å². The normalized spacial score (nSPS) is 10.7. The van der Waals surface area contributed by atoms with E-state index in [-0.39, 0.29) is 0 Å².